The molecule has 0 saturated carbocycles. The minimum absolute atomic E-state index is 0.160. The van der Waals surface area contributed by atoms with Gasteiger partial charge in [0, 0.05) is 0 Å². The molecule has 0 amide bonds. The molecular weight excluding hydrogens is 260 g/mol. The maximum Gasteiger partial charge on any atom is 0.129 e. The summed E-state index contributed by atoms with van der Waals surface area (Å²) in [6.45, 7) is 10.3. The second kappa shape index (κ2) is 8.10. The van der Waals surface area contributed by atoms with Gasteiger partial charge in [-0.25, -0.2) is 0 Å². The molecule has 0 fully saturated rings. The number of rotatable bonds is 6. The van der Waals surface area contributed by atoms with Gasteiger partial charge >= 0.3 is 0 Å². The van der Waals surface area contributed by atoms with Gasteiger partial charge in [0.15, 0.2) is 0 Å². The van der Waals surface area contributed by atoms with E-state index in [-0.39, 0.29) is 5.75 Å². The first-order valence-corrected chi connectivity index (χ1v) is 7.08. The van der Waals surface area contributed by atoms with Crippen molar-refractivity contribution in [1.82, 2.24) is 0 Å². The molecule has 3 N–H and O–H groups in total. The number of nitrogens with two attached hydrogens (primary N) is 1. The first-order chi connectivity index (χ1) is 9.97. The summed E-state index contributed by atoms with van der Waals surface area (Å²) < 4.78 is 0. The number of aromatic hydroxyl groups is 1. The van der Waals surface area contributed by atoms with Crippen LogP contribution in [0.1, 0.15) is 31.9 Å². The van der Waals surface area contributed by atoms with Crippen LogP contribution >= 0.6 is 0 Å². The van der Waals surface area contributed by atoms with Crippen LogP contribution in [-0.4, -0.2) is 17.5 Å². The summed E-state index contributed by atoms with van der Waals surface area (Å²) in [6, 6.07) is 5.43. The minimum Gasteiger partial charge on any atom is -0.507 e. The summed E-state index contributed by atoms with van der Waals surface area (Å²) in [7, 11) is 0. The van der Waals surface area contributed by atoms with Gasteiger partial charge in [0.2, 0.25) is 0 Å². The van der Waals surface area contributed by atoms with Crippen molar-refractivity contribution < 1.29 is 5.11 Å². The van der Waals surface area contributed by atoms with Crippen LogP contribution in [0.2, 0.25) is 0 Å². The molecule has 0 saturated heterocycles. The van der Waals surface area contributed by atoms with E-state index in [0.717, 1.165) is 23.1 Å². The van der Waals surface area contributed by atoms with E-state index in [2.05, 4.69) is 18.5 Å². The van der Waals surface area contributed by atoms with Crippen LogP contribution in [-0.2, 0) is 6.42 Å². The largest absolute Gasteiger partial charge is 0.507 e. The van der Waals surface area contributed by atoms with Crippen molar-refractivity contribution in [2.24, 2.45) is 10.7 Å². The van der Waals surface area contributed by atoms with Crippen molar-refractivity contribution in [3.05, 3.63) is 65.3 Å². The number of benzene rings is 1. The van der Waals surface area contributed by atoms with Crippen molar-refractivity contribution >= 4 is 5.84 Å². The van der Waals surface area contributed by atoms with Gasteiger partial charge in [-0.2, -0.15) is 0 Å². The van der Waals surface area contributed by atoms with Gasteiger partial charge in [-0.3, -0.25) is 4.99 Å². The summed E-state index contributed by atoms with van der Waals surface area (Å²) in [6.07, 6.45) is 6.79. The molecule has 0 aliphatic carbocycles. The van der Waals surface area contributed by atoms with Crippen molar-refractivity contribution in [3.8, 4) is 5.75 Å². The first kappa shape index (κ1) is 16.8. The summed E-state index contributed by atoms with van der Waals surface area (Å²) in [5.74, 6) is 0.513. The van der Waals surface area contributed by atoms with E-state index in [4.69, 9.17) is 5.73 Å². The topological polar surface area (TPSA) is 58.6 Å². The molecule has 112 valence electrons. The third-order valence-electron chi connectivity index (χ3n) is 3.13. The van der Waals surface area contributed by atoms with Gasteiger partial charge in [-0.05, 0) is 43.5 Å². The number of hydrogen-bond donors (Lipinski definition) is 2. The molecule has 1 rings (SSSR count). The fourth-order valence-corrected chi connectivity index (χ4v) is 1.76. The zero-order chi connectivity index (χ0) is 15.8. The van der Waals surface area contributed by atoms with Gasteiger partial charge < -0.3 is 10.8 Å². The predicted octanol–water partition coefficient (Wildman–Crippen LogP) is 3.74. The number of amidine groups is 1. The number of aryl methyl sites for hydroxylation is 1. The van der Waals surface area contributed by atoms with Gasteiger partial charge in [-0.15, -0.1) is 0 Å². The number of nitrogens with zero attached hydrogens (tertiary/aromatic N) is 1. The molecular formula is C18H24N2O. The van der Waals surface area contributed by atoms with Crippen LogP contribution < -0.4 is 5.73 Å². The maximum atomic E-state index is 9.90. The Bertz CT molecular complexity index is 595. The lowest BCUT2D eigenvalue weighted by Gasteiger charge is -2.07. The quantitative estimate of drug-likeness (QED) is 0.475. The second-order valence-corrected chi connectivity index (χ2v) is 4.95. The molecule has 0 atom stereocenters. The molecule has 21 heavy (non-hydrogen) atoms. The van der Waals surface area contributed by atoms with Gasteiger partial charge in [0.1, 0.15) is 11.6 Å². The highest BCUT2D eigenvalue weighted by Gasteiger charge is 2.06. The molecule has 0 unspecified atom stereocenters. The Balaban J connectivity index is 2.92. The molecule has 0 bridgehead atoms. The van der Waals surface area contributed by atoms with Crippen LogP contribution in [0.15, 0.2) is 59.1 Å². The number of phenolic OH excluding ortho intramolecular Hbond substituents is 1. The normalized spacial score (nSPS) is 12.9. The molecule has 0 heterocycles. The van der Waals surface area contributed by atoms with Crippen molar-refractivity contribution in [1.29, 1.82) is 0 Å². The summed E-state index contributed by atoms with van der Waals surface area (Å²) in [5, 5.41) is 9.90. The van der Waals surface area contributed by atoms with E-state index < -0.39 is 0 Å². The zero-order valence-corrected chi connectivity index (χ0v) is 13.1. The Morgan fingerprint density at radius 3 is 2.67 bits per heavy atom. The van der Waals surface area contributed by atoms with E-state index >= 15 is 0 Å². The number of allylic oxidation sites excluding steroid dienone is 3. The summed E-state index contributed by atoms with van der Waals surface area (Å²) >= 11 is 0. The standard InChI is InChI=1S/C18H24N2O/c1-5-14-9-10-17(21)16(11-14)18(19)20-12-15(6-2)8-7-13(3)4/h6-11,21H,3,5,12H2,1-2,4H3,(H2,19,20)/b8-7-,15-6?. The fourth-order valence-electron chi connectivity index (χ4n) is 1.76. The molecule has 3 heteroatoms. The molecule has 0 aliphatic rings. The third kappa shape index (κ3) is 5.30. The first-order valence-electron chi connectivity index (χ1n) is 7.08. The number of aliphatic imine (C=N–C) groups is 1. The minimum atomic E-state index is 0.160. The average Bonchev–Trinajstić information content (AvgIpc) is 2.47. The van der Waals surface area contributed by atoms with Gasteiger partial charge in [0.25, 0.3) is 0 Å². The van der Waals surface area contributed by atoms with Crippen LogP contribution in [0.3, 0.4) is 0 Å². The Labute approximate surface area is 127 Å². The highest BCUT2D eigenvalue weighted by Crippen LogP contribution is 2.18. The molecule has 3 nitrogen and oxygen atoms in total. The summed E-state index contributed by atoms with van der Waals surface area (Å²) in [5.41, 5.74) is 9.74. The van der Waals surface area contributed by atoms with Gasteiger partial charge in [-0.1, -0.05) is 43.4 Å². The van der Waals surface area contributed by atoms with E-state index in [0.29, 0.717) is 17.9 Å². The van der Waals surface area contributed by atoms with Crippen LogP contribution in [0.4, 0.5) is 0 Å². The lowest BCUT2D eigenvalue weighted by atomic mass is 10.1. The van der Waals surface area contributed by atoms with Crippen molar-refractivity contribution in [2.45, 2.75) is 27.2 Å². The maximum absolute atomic E-state index is 9.90. The van der Waals surface area contributed by atoms with E-state index in [1.165, 1.54) is 0 Å². The number of phenols is 1. The Hall–Kier alpha value is -2.29. The monoisotopic (exact) mass is 284 g/mol. The molecule has 0 aliphatic heterocycles. The molecule has 0 aromatic heterocycles. The van der Waals surface area contributed by atoms with Gasteiger partial charge in [0.05, 0.1) is 12.1 Å². The molecule has 0 spiro atoms. The van der Waals surface area contributed by atoms with E-state index in [9.17, 15) is 5.11 Å². The third-order valence-corrected chi connectivity index (χ3v) is 3.13. The highest BCUT2D eigenvalue weighted by molar-refractivity contribution is 6.00. The average molecular weight is 284 g/mol. The molecule has 1 aromatic rings. The lowest BCUT2D eigenvalue weighted by molar-refractivity contribution is 0.474. The SMILES string of the molecule is C=C(C)/C=C\C(=CC)CN=C(N)c1cc(CC)ccc1O. The molecule has 1 aromatic carbocycles. The second-order valence-electron chi connectivity index (χ2n) is 4.95. The van der Waals surface area contributed by atoms with E-state index in [1.807, 2.05) is 44.2 Å². The fraction of sp³-hybridized carbons (Fsp3) is 0.278. The predicted molar refractivity (Wildman–Crippen MR) is 90.8 cm³/mol. The zero-order valence-electron chi connectivity index (χ0n) is 13.1. The Morgan fingerprint density at radius 1 is 1.38 bits per heavy atom. The van der Waals surface area contributed by atoms with Crippen molar-refractivity contribution in [2.75, 3.05) is 6.54 Å². The van der Waals surface area contributed by atoms with Crippen molar-refractivity contribution in [3.63, 3.8) is 0 Å². The number of hydrogen-bond acceptors (Lipinski definition) is 2. The van der Waals surface area contributed by atoms with Crippen LogP contribution in [0.5, 0.6) is 5.75 Å². The Morgan fingerprint density at radius 2 is 2.10 bits per heavy atom. The van der Waals surface area contributed by atoms with Crippen LogP contribution in [0, 0.1) is 0 Å². The smallest absolute Gasteiger partial charge is 0.129 e. The van der Waals surface area contributed by atoms with Crippen LogP contribution in [0.25, 0.3) is 0 Å². The lowest BCUT2D eigenvalue weighted by Crippen LogP contribution is -2.15. The highest BCUT2D eigenvalue weighted by atomic mass is 16.3. The summed E-state index contributed by atoms with van der Waals surface area (Å²) in [4.78, 5) is 4.36. The Kier molecular flexibility index (Phi) is 6.47. The molecule has 0 radical (unpaired) electrons. The van der Waals surface area contributed by atoms with E-state index in [1.54, 1.807) is 6.07 Å².